The van der Waals surface area contributed by atoms with Crippen LogP contribution in [0.3, 0.4) is 0 Å². The zero-order valence-electron chi connectivity index (χ0n) is 39.4. The molecule has 1 heterocycles. The molecule has 3 atom stereocenters. The average Bonchev–Trinajstić information content (AvgIpc) is 3.38. The SMILES string of the molecule is CON=O.COc1ccccc1COCCCOc1ccc(C2C(COc3cccc(C)c3)CN(C(=O)Oc3cccc(CO[N+](=O)[O-])c3)CC2OCc2cc(OC)c3ccccc3c2)cc1.O=CO. The number of hydrogen-bond donors (Lipinski definition) is 1. The third-order valence-electron chi connectivity index (χ3n) is 11.0. The minimum absolute atomic E-state index is 0.207. The van der Waals surface area contributed by atoms with Gasteiger partial charge in [0.2, 0.25) is 0 Å². The Kier molecular flexibility index (Phi) is 21.5. The lowest BCUT2D eigenvalue weighted by Gasteiger charge is -2.43. The molecule has 70 heavy (non-hydrogen) atoms. The molecule has 7 rings (SSSR count). The van der Waals surface area contributed by atoms with Crippen molar-refractivity contribution in [3.8, 4) is 28.7 Å². The number of carbonyl (C=O) groups excluding carboxylic acids is 1. The zero-order valence-corrected chi connectivity index (χ0v) is 39.4. The number of amides is 1. The second-order valence-corrected chi connectivity index (χ2v) is 15.7. The first-order chi connectivity index (χ1) is 34.1. The average molecular weight is 964 g/mol. The molecule has 1 fully saturated rings. The molecule has 0 aromatic heterocycles. The van der Waals surface area contributed by atoms with Gasteiger partial charge in [-0.25, -0.2) is 4.79 Å². The van der Waals surface area contributed by atoms with Crippen molar-refractivity contribution in [3.63, 3.8) is 0 Å². The smallest absolute Gasteiger partial charge is 0.415 e. The third-order valence-corrected chi connectivity index (χ3v) is 11.0. The van der Waals surface area contributed by atoms with Gasteiger partial charge in [-0.3, -0.25) is 4.79 Å². The van der Waals surface area contributed by atoms with Crippen LogP contribution in [0, 0.1) is 27.9 Å². The summed E-state index contributed by atoms with van der Waals surface area (Å²) >= 11 is 0. The molecule has 6 aromatic rings. The number of aryl methyl sites for hydroxylation is 1. The molecule has 0 spiro atoms. The van der Waals surface area contributed by atoms with Crippen molar-refractivity contribution < 1.29 is 62.6 Å². The topological polar surface area (TPSA) is 213 Å². The van der Waals surface area contributed by atoms with Crippen molar-refractivity contribution in [2.24, 2.45) is 11.3 Å². The Morgan fingerprint density at radius 1 is 0.771 bits per heavy atom. The van der Waals surface area contributed by atoms with Crippen LogP contribution in [0.5, 0.6) is 28.7 Å². The van der Waals surface area contributed by atoms with E-state index in [9.17, 15) is 14.9 Å². The first-order valence-corrected chi connectivity index (χ1v) is 22.1. The van der Waals surface area contributed by atoms with Gasteiger partial charge in [-0.15, -0.1) is 15.0 Å². The molecule has 18 heteroatoms. The molecule has 1 amide bonds. The lowest BCUT2D eigenvalue weighted by atomic mass is 9.78. The van der Waals surface area contributed by atoms with Gasteiger partial charge in [0.05, 0.1) is 59.9 Å². The van der Waals surface area contributed by atoms with Crippen molar-refractivity contribution in [2.75, 3.05) is 54.2 Å². The summed E-state index contributed by atoms with van der Waals surface area (Å²) < 4.78 is 42.5. The zero-order chi connectivity index (χ0) is 50.1. The van der Waals surface area contributed by atoms with Gasteiger partial charge in [0.15, 0.2) is 5.34 Å². The highest BCUT2D eigenvalue weighted by Gasteiger charge is 2.41. The number of nitrogens with zero attached hydrogens (tertiary/aromatic N) is 3. The summed E-state index contributed by atoms with van der Waals surface area (Å²) in [5, 5.41) is 20.9. The number of benzene rings is 6. The summed E-state index contributed by atoms with van der Waals surface area (Å²) in [4.78, 5) is 51.7. The van der Waals surface area contributed by atoms with Crippen molar-refractivity contribution in [1.82, 2.24) is 4.90 Å². The molecule has 18 nitrogen and oxygen atoms in total. The third kappa shape index (κ3) is 16.4. The van der Waals surface area contributed by atoms with E-state index in [4.69, 9.17) is 48.0 Å². The highest BCUT2D eigenvalue weighted by Crippen LogP contribution is 2.38. The molecule has 0 saturated carbocycles. The molecular formula is C52H57N3O15. The van der Waals surface area contributed by atoms with Crippen LogP contribution in [0.4, 0.5) is 4.79 Å². The lowest BCUT2D eigenvalue weighted by molar-refractivity contribution is -0.763. The molecule has 0 radical (unpaired) electrons. The van der Waals surface area contributed by atoms with E-state index >= 15 is 0 Å². The van der Waals surface area contributed by atoms with E-state index in [2.05, 4.69) is 27.9 Å². The monoisotopic (exact) mass is 963 g/mol. The van der Waals surface area contributed by atoms with Crippen molar-refractivity contribution in [2.45, 2.75) is 45.2 Å². The molecular weight excluding hydrogens is 907 g/mol. The number of methoxy groups -OCH3 is 2. The van der Waals surface area contributed by atoms with Gasteiger partial charge in [0.25, 0.3) is 11.6 Å². The molecule has 1 aliphatic rings. The fourth-order valence-corrected chi connectivity index (χ4v) is 7.89. The Hall–Kier alpha value is -7.96. The van der Waals surface area contributed by atoms with Crippen LogP contribution in [0.15, 0.2) is 139 Å². The molecule has 6 aromatic carbocycles. The van der Waals surface area contributed by atoms with Crippen LogP contribution >= 0.6 is 0 Å². The largest absolute Gasteiger partial charge is 0.496 e. The van der Waals surface area contributed by atoms with Crippen LogP contribution in [0.1, 0.15) is 40.2 Å². The number of hydrogen-bond acceptors (Lipinski definition) is 15. The van der Waals surface area contributed by atoms with E-state index in [1.807, 2.05) is 103 Å². The lowest BCUT2D eigenvalue weighted by Crippen LogP contribution is -2.53. The molecule has 1 N–H and O–H groups in total. The standard InChI is InChI=1S/C50H52N2O11.CH3NO2.CH2O2/c1-35-11-8-15-43(25-35)60-34-41-29-51(50(53)63-44-16-9-12-36(27-44)32-62-52(54)55)30-48(61-31-37-26-39-13-4-6-17-45(39)47(28-37)57-3)49(41)38-19-21-42(22-20-38)59-24-10-23-58-33-40-14-5-7-18-46(40)56-2;1-4-2-3;2-1-3/h4-9,11-22,25-28,41,48-49H,10,23-24,29-34H2,1-3H3;1H3;1H,(H,2,3). The fourth-order valence-electron chi connectivity index (χ4n) is 7.89. The summed E-state index contributed by atoms with van der Waals surface area (Å²) in [5.74, 6) is 2.78. The maximum Gasteiger partial charge on any atom is 0.415 e. The fraction of sp³-hybridized carbons (Fsp3) is 0.308. The number of rotatable bonds is 21. The number of para-hydroxylation sites is 1. The van der Waals surface area contributed by atoms with Crippen molar-refractivity contribution >= 4 is 23.3 Å². The van der Waals surface area contributed by atoms with Gasteiger partial charge in [0, 0.05) is 35.8 Å². The van der Waals surface area contributed by atoms with Gasteiger partial charge in [-0.2, -0.15) is 0 Å². The Bertz CT molecular complexity index is 2580. The predicted molar refractivity (Wildman–Crippen MR) is 259 cm³/mol. The molecule has 3 unspecified atom stereocenters. The molecule has 0 bridgehead atoms. The summed E-state index contributed by atoms with van der Waals surface area (Å²) in [6.45, 7) is 3.99. The van der Waals surface area contributed by atoms with Crippen LogP contribution in [-0.2, 0) is 43.8 Å². The first kappa shape index (κ1) is 53.0. The maximum absolute atomic E-state index is 14.0. The maximum atomic E-state index is 14.0. The van der Waals surface area contributed by atoms with Gasteiger partial charge in [-0.05, 0) is 89.2 Å². The van der Waals surface area contributed by atoms with Gasteiger partial charge < -0.3 is 52.8 Å². The van der Waals surface area contributed by atoms with E-state index in [0.717, 1.165) is 56.0 Å². The van der Waals surface area contributed by atoms with Crippen LogP contribution in [-0.4, -0.2) is 88.0 Å². The van der Waals surface area contributed by atoms with Gasteiger partial charge in [-0.1, -0.05) is 78.9 Å². The predicted octanol–water partition coefficient (Wildman–Crippen LogP) is 9.75. The summed E-state index contributed by atoms with van der Waals surface area (Å²) in [6, 6.07) is 42.3. The quantitative estimate of drug-likeness (QED) is 0.0234. The first-order valence-electron chi connectivity index (χ1n) is 22.1. The summed E-state index contributed by atoms with van der Waals surface area (Å²) in [6.07, 6.45) is -0.379. The van der Waals surface area contributed by atoms with Gasteiger partial charge >= 0.3 is 6.09 Å². The Morgan fingerprint density at radius 2 is 1.49 bits per heavy atom. The van der Waals surface area contributed by atoms with Gasteiger partial charge in [0.1, 0.15) is 42.5 Å². The Morgan fingerprint density at radius 3 is 2.21 bits per heavy atom. The number of carboxylic acid groups (broad SMARTS) is 1. The summed E-state index contributed by atoms with van der Waals surface area (Å²) in [7, 11) is 4.51. The number of ether oxygens (including phenoxy) is 7. The number of piperidine rings is 1. The van der Waals surface area contributed by atoms with E-state index in [-0.39, 0.29) is 50.4 Å². The van der Waals surface area contributed by atoms with Crippen LogP contribution < -0.4 is 23.7 Å². The molecule has 370 valence electrons. The van der Waals surface area contributed by atoms with Crippen molar-refractivity contribution in [3.05, 3.63) is 176 Å². The van der Waals surface area contributed by atoms with E-state index in [0.29, 0.717) is 38.3 Å². The number of fused-ring (bicyclic) bond motifs is 1. The minimum atomic E-state index is -0.862. The Labute approximate surface area is 405 Å². The number of likely N-dealkylation sites (tertiary alicyclic amines) is 1. The Balaban J connectivity index is 0.00000123. The molecule has 0 aliphatic carbocycles. The number of carbonyl (C=O) groups is 2. The second kappa shape index (κ2) is 28.4. The van der Waals surface area contributed by atoms with E-state index < -0.39 is 17.3 Å². The normalized spacial score (nSPS) is 14.9. The van der Waals surface area contributed by atoms with Crippen LogP contribution in [0.2, 0.25) is 0 Å². The minimum Gasteiger partial charge on any atom is -0.496 e. The highest BCUT2D eigenvalue weighted by atomic mass is 16.9. The highest BCUT2D eigenvalue weighted by molar-refractivity contribution is 5.89. The second-order valence-electron chi connectivity index (χ2n) is 15.7. The van der Waals surface area contributed by atoms with E-state index in [1.165, 1.54) is 7.11 Å². The molecule has 1 saturated heterocycles. The van der Waals surface area contributed by atoms with E-state index in [1.54, 1.807) is 43.4 Å². The summed E-state index contributed by atoms with van der Waals surface area (Å²) in [5.41, 5.74) is 4.47. The van der Waals surface area contributed by atoms with Crippen molar-refractivity contribution in [1.29, 1.82) is 0 Å². The van der Waals surface area contributed by atoms with Crippen LogP contribution in [0.25, 0.3) is 10.8 Å². The molecule has 1 aliphatic heterocycles.